The zero-order chi connectivity index (χ0) is 15.1. The van der Waals surface area contributed by atoms with E-state index in [4.69, 9.17) is 0 Å². The van der Waals surface area contributed by atoms with Gasteiger partial charge in [0.15, 0.2) is 0 Å². The minimum atomic E-state index is -0.527. The number of hydrogen-bond acceptors (Lipinski definition) is 3. The summed E-state index contributed by atoms with van der Waals surface area (Å²) >= 11 is 0. The molecule has 0 aromatic heterocycles. The Labute approximate surface area is 117 Å². The Morgan fingerprint density at radius 3 is 2.60 bits per heavy atom. The Balaban J connectivity index is 2.35. The number of urea groups is 1. The molecule has 0 heterocycles. The Morgan fingerprint density at radius 2 is 2.00 bits per heavy atom. The predicted molar refractivity (Wildman–Crippen MR) is 76.0 cm³/mol. The van der Waals surface area contributed by atoms with E-state index in [1.165, 1.54) is 6.07 Å². The number of rotatable bonds is 5. The second kappa shape index (κ2) is 7.47. The number of nitrogens with one attached hydrogen (secondary N) is 3. The van der Waals surface area contributed by atoms with Gasteiger partial charge in [-0.25, -0.2) is 9.18 Å². The lowest BCUT2D eigenvalue weighted by molar-refractivity contribution is -0.118. The van der Waals surface area contributed by atoms with Crippen LogP contribution < -0.4 is 16.0 Å². The zero-order valence-electron chi connectivity index (χ0n) is 11.9. The van der Waals surface area contributed by atoms with Crippen LogP contribution in [0.1, 0.15) is 19.4 Å². The molecule has 0 aliphatic heterocycles. The van der Waals surface area contributed by atoms with Crippen molar-refractivity contribution >= 4 is 17.6 Å². The molecule has 0 atom stereocenters. The van der Waals surface area contributed by atoms with E-state index in [9.17, 15) is 14.0 Å². The molecule has 3 N–H and O–H groups in total. The molecule has 0 saturated carbocycles. The molecular weight excluding hydrogens is 261 g/mol. The minimum Gasteiger partial charge on any atom is -0.376 e. The molecule has 1 rings (SSSR count). The highest BCUT2D eigenvalue weighted by Gasteiger charge is 2.08. The molecule has 0 bridgehead atoms. The van der Waals surface area contributed by atoms with Crippen LogP contribution in [0, 0.1) is 18.7 Å². The van der Waals surface area contributed by atoms with Gasteiger partial charge in [-0.05, 0) is 30.5 Å². The molecule has 3 amide bonds. The lowest BCUT2D eigenvalue weighted by atomic mass is 10.2. The van der Waals surface area contributed by atoms with Crippen molar-refractivity contribution in [2.45, 2.75) is 20.8 Å². The van der Waals surface area contributed by atoms with Crippen molar-refractivity contribution in [2.24, 2.45) is 5.92 Å². The second-order valence-electron chi connectivity index (χ2n) is 4.97. The van der Waals surface area contributed by atoms with Gasteiger partial charge in [0.1, 0.15) is 5.82 Å². The third kappa shape index (κ3) is 5.69. The largest absolute Gasteiger partial charge is 0.376 e. The summed E-state index contributed by atoms with van der Waals surface area (Å²) in [5.41, 5.74) is 1.03. The van der Waals surface area contributed by atoms with E-state index in [1.807, 2.05) is 13.8 Å². The van der Waals surface area contributed by atoms with Gasteiger partial charge < -0.3 is 10.6 Å². The molecule has 0 unspecified atom stereocenters. The van der Waals surface area contributed by atoms with Crippen LogP contribution in [0.4, 0.5) is 14.9 Å². The van der Waals surface area contributed by atoms with Crippen molar-refractivity contribution in [3.05, 3.63) is 29.6 Å². The van der Waals surface area contributed by atoms with E-state index >= 15 is 0 Å². The summed E-state index contributed by atoms with van der Waals surface area (Å²) in [4.78, 5) is 22.8. The molecular formula is C14H20FN3O2. The molecule has 0 radical (unpaired) electrons. The number of benzene rings is 1. The fourth-order valence-electron chi connectivity index (χ4n) is 1.40. The number of amides is 3. The average molecular weight is 281 g/mol. The Bertz CT molecular complexity index is 489. The summed E-state index contributed by atoms with van der Waals surface area (Å²) < 4.78 is 13.3. The number of hydrogen-bond donors (Lipinski definition) is 3. The third-order valence-electron chi connectivity index (χ3n) is 2.55. The molecule has 0 fully saturated rings. The Hall–Kier alpha value is -2.11. The summed E-state index contributed by atoms with van der Waals surface area (Å²) in [5, 5.41) is 7.51. The molecule has 1 aromatic rings. The molecule has 0 aliphatic carbocycles. The van der Waals surface area contributed by atoms with Gasteiger partial charge in [-0.3, -0.25) is 10.1 Å². The van der Waals surface area contributed by atoms with Gasteiger partial charge >= 0.3 is 6.03 Å². The number of carbonyl (C=O) groups is 2. The fraction of sp³-hybridized carbons (Fsp3) is 0.429. The van der Waals surface area contributed by atoms with E-state index in [0.717, 1.165) is 0 Å². The standard InChI is InChI=1S/C14H20FN3O2/c1-9(2)7-17-14(20)18-13(19)8-16-11-5-4-10(3)12(15)6-11/h4-6,9,16H,7-8H2,1-3H3,(H2,17,18,19,20). The van der Waals surface area contributed by atoms with Crippen LogP contribution in [-0.4, -0.2) is 25.0 Å². The van der Waals surface area contributed by atoms with E-state index in [-0.39, 0.29) is 12.4 Å². The molecule has 20 heavy (non-hydrogen) atoms. The lowest BCUT2D eigenvalue weighted by Crippen LogP contribution is -2.43. The first-order valence-electron chi connectivity index (χ1n) is 6.46. The van der Waals surface area contributed by atoms with Crippen LogP contribution in [0.5, 0.6) is 0 Å². The molecule has 1 aromatic carbocycles. The van der Waals surface area contributed by atoms with Crippen LogP contribution in [-0.2, 0) is 4.79 Å². The summed E-state index contributed by atoms with van der Waals surface area (Å²) in [7, 11) is 0. The van der Waals surface area contributed by atoms with Crippen molar-refractivity contribution in [3.63, 3.8) is 0 Å². The van der Waals surface area contributed by atoms with Crippen molar-refractivity contribution in [2.75, 3.05) is 18.4 Å². The monoisotopic (exact) mass is 281 g/mol. The molecule has 0 spiro atoms. The zero-order valence-corrected chi connectivity index (χ0v) is 11.9. The van der Waals surface area contributed by atoms with Crippen LogP contribution in [0.2, 0.25) is 0 Å². The maximum atomic E-state index is 13.3. The molecule has 5 nitrogen and oxygen atoms in total. The maximum Gasteiger partial charge on any atom is 0.321 e. The highest BCUT2D eigenvalue weighted by atomic mass is 19.1. The summed E-state index contributed by atoms with van der Waals surface area (Å²) in [6.45, 7) is 5.96. The SMILES string of the molecule is Cc1ccc(NCC(=O)NC(=O)NCC(C)C)cc1F. The van der Waals surface area contributed by atoms with Crippen molar-refractivity contribution < 1.29 is 14.0 Å². The van der Waals surface area contributed by atoms with Gasteiger partial charge in [0.05, 0.1) is 6.54 Å². The molecule has 0 aliphatic rings. The first kappa shape index (κ1) is 15.9. The van der Waals surface area contributed by atoms with Crippen LogP contribution >= 0.6 is 0 Å². The van der Waals surface area contributed by atoms with E-state index in [0.29, 0.717) is 23.7 Å². The predicted octanol–water partition coefficient (Wildman–Crippen LogP) is 2.03. The van der Waals surface area contributed by atoms with Crippen LogP contribution in [0.15, 0.2) is 18.2 Å². The van der Waals surface area contributed by atoms with E-state index in [2.05, 4.69) is 16.0 Å². The van der Waals surface area contributed by atoms with Crippen molar-refractivity contribution in [3.8, 4) is 0 Å². The first-order chi connectivity index (χ1) is 9.38. The van der Waals surface area contributed by atoms with Crippen LogP contribution in [0.3, 0.4) is 0 Å². The highest BCUT2D eigenvalue weighted by molar-refractivity contribution is 5.96. The number of carbonyl (C=O) groups excluding carboxylic acids is 2. The lowest BCUT2D eigenvalue weighted by Gasteiger charge is -2.10. The second-order valence-corrected chi connectivity index (χ2v) is 4.97. The number of halogens is 1. The summed E-state index contributed by atoms with van der Waals surface area (Å²) in [5.74, 6) is -0.512. The molecule has 0 saturated heterocycles. The molecule has 110 valence electrons. The van der Waals surface area contributed by atoms with Gasteiger partial charge in [0.2, 0.25) is 5.91 Å². The smallest absolute Gasteiger partial charge is 0.321 e. The fourth-order valence-corrected chi connectivity index (χ4v) is 1.40. The number of anilines is 1. The van der Waals surface area contributed by atoms with Crippen molar-refractivity contribution in [1.82, 2.24) is 10.6 Å². The third-order valence-corrected chi connectivity index (χ3v) is 2.55. The van der Waals surface area contributed by atoms with Crippen molar-refractivity contribution in [1.29, 1.82) is 0 Å². The van der Waals surface area contributed by atoms with E-state index in [1.54, 1.807) is 19.1 Å². The first-order valence-corrected chi connectivity index (χ1v) is 6.46. The van der Waals surface area contributed by atoms with Crippen LogP contribution in [0.25, 0.3) is 0 Å². The Morgan fingerprint density at radius 1 is 1.30 bits per heavy atom. The number of imide groups is 1. The normalized spacial score (nSPS) is 10.2. The Kier molecular flexibility index (Phi) is 5.96. The number of aryl methyl sites for hydroxylation is 1. The topological polar surface area (TPSA) is 70.2 Å². The molecule has 6 heteroatoms. The van der Waals surface area contributed by atoms with E-state index < -0.39 is 11.9 Å². The summed E-state index contributed by atoms with van der Waals surface area (Å²) in [6, 6.07) is 4.07. The summed E-state index contributed by atoms with van der Waals surface area (Å²) in [6.07, 6.45) is 0. The van der Waals surface area contributed by atoms with Gasteiger partial charge in [-0.15, -0.1) is 0 Å². The van der Waals surface area contributed by atoms with Gasteiger partial charge in [-0.1, -0.05) is 19.9 Å². The highest BCUT2D eigenvalue weighted by Crippen LogP contribution is 2.12. The van der Waals surface area contributed by atoms with Gasteiger partial charge in [0.25, 0.3) is 0 Å². The maximum absolute atomic E-state index is 13.3. The quantitative estimate of drug-likeness (QED) is 0.773. The average Bonchev–Trinajstić information content (AvgIpc) is 2.38. The van der Waals surface area contributed by atoms with Gasteiger partial charge in [-0.2, -0.15) is 0 Å². The van der Waals surface area contributed by atoms with Gasteiger partial charge in [0, 0.05) is 12.2 Å². The minimum absolute atomic E-state index is 0.0996.